The molecule has 5 rings (SSSR count). The highest BCUT2D eigenvalue weighted by Crippen LogP contribution is 2.56. The number of halogens is 2. The molecule has 0 amide bonds. The fourth-order valence-electron chi connectivity index (χ4n) is 3.87. The van der Waals surface area contributed by atoms with Crippen molar-refractivity contribution in [2.45, 2.75) is 25.2 Å². The zero-order valence-electron chi connectivity index (χ0n) is 15.8. The first-order valence-electron chi connectivity index (χ1n) is 9.27. The molecule has 1 aliphatic rings. The lowest BCUT2D eigenvalue weighted by atomic mass is 10.0. The maximum Gasteiger partial charge on any atom is 0.222 e. The average Bonchev–Trinajstić information content (AvgIpc) is 3.41. The summed E-state index contributed by atoms with van der Waals surface area (Å²) < 4.78 is 20.0. The Bertz CT molecular complexity index is 1240. The van der Waals surface area contributed by atoms with Crippen LogP contribution >= 0.6 is 22.9 Å². The number of aryl methyl sites for hydroxylation is 1. The van der Waals surface area contributed by atoms with Crippen LogP contribution < -0.4 is 4.74 Å². The number of rotatable bonds is 4. The predicted octanol–water partition coefficient (Wildman–Crippen LogP) is 6.13. The summed E-state index contributed by atoms with van der Waals surface area (Å²) in [6, 6.07) is 11.2. The van der Waals surface area contributed by atoms with Crippen LogP contribution in [0, 0.1) is 12.7 Å². The maximum atomic E-state index is 13.8. The van der Waals surface area contributed by atoms with Gasteiger partial charge < -0.3 is 4.74 Å². The molecule has 0 spiro atoms. The van der Waals surface area contributed by atoms with Gasteiger partial charge in [0.2, 0.25) is 5.28 Å². The number of hydrogen-bond acceptors (Lipinski definition) is 5. The number of hydrogen-bond donors (Lipinski definition) is 0. The molecule has 4 aromatic rings. The van der Waals surface area contributed by atoms with Crippen LogP contribution in [0.15, 0.2) is 42.6 Å². The van der Waals surface area contributed by atoms with Crippen molar-refractivity contribution in [3.63, 3.8) is 0 Å². The molecule has 0 radical (unpaired) electrons. The highest BCUT2D eigenvalue weighted by molar-refractivity contribution is 7.18. The highest BCUT2D eigenvalue weighted by atomic mass is 35.5. The van der Waals surface area contributed by atoms with Gasteiger partial charge in [-0.1, -0.05) is 12.1 Å². The van der Waals surface area contributed by atoms with Gasteiger partial charge in [-0.2, -0.15) is 0 Å². The van der Waals surface area contributed by atoms with E-state index in [4.69, 9.17) is 16.3 Å². The van der Waals surface area contributed by atoms with Gasteiger partial charge in [-0.25, -0.2) is 19.3 Å². The summed E-state index contributed by atoms with van der Waals surface area (Å²) in [6.45, 7) is 2.00. The van der Waals surface area contributed by atoms with E-state index in [-0.39, 0.29) is 28.7 Å². The predicted molar refractivity (Wildman–Crippen MR) is 113 cm³/mol. The lowest BCUT2D eigenvalue weighted by Gasteiger charge is -2.10. The van der Waals surface area contributed by atoms with E-state index in [1.165, 1.54) is 13.2 Å². The zero-order valence-corrected chi connectivity index (χ0v) is 17.4. The largest absolute Gasteiger partial charge is 0.494 e. The molecule has 1 fully saturated rings. The first-order valence-corrected chi connectivity index (χ1v) is 10.5. The van der Waals surface area contributed by atoms with Crippen molar-refractivity contribution in [1.29, 1.82) is 0 Å². The van der Waals surface area contributed by atoms with Crippen molar-refractivity contribution in [3.8, 4) is 17.0 Å². The molecule has 2 atom stereocenters. The van der Waals surface area contributed by atoms with Crippen LogP contribution in [0.25, 0.3) is 21.5 Å². The Kier molecular flexibility index (Phi) is 4.48. The second-order valence-electron chi connectivity index (χ2n) is 7.20. The minimum Gasteiger partial charge on any atom is -0.494 e. The van der Waals surface area contributed by atoms with Crippen LogP contribution in [0.3, 0.4) is 0 Å². The summed E-state index contributed by atoms with van der Waals surface area (Å²) in [5.74, 6) is 0.461. The third kappa shape index (κ3) is 3.36. The fraction of sp³-hybridized carbons (Fsp3) is 0.227. The quantitative estimate of drug-likeness (QED) is 0.369. The van der Waals surface area contributed by atoms with Crippen molar-refractivity contribution in [2.75, 3.05) is 7.11 Å². The molecule has 146 valence electrons. The molecule has 0 bridgehead atoms. The number of methoxy groups -OCH3 is 1. The summed E-state index contributed by atoms with van der Waals surface area (Å²) in [6.07, 6.45) is 2.77. The number of aromatic nitrogens is 3. The van der Waals surface area contributed by atoms with Gasteiger partial charge in [0.25, 0.3) is 0 Å². The van der Waals surface area contributed by atoms with Gasteiger partial charge in [0.05, 0.1) is 28.0 Å². The molecule has 2 aromatic carbocycles. The van der Waals surface area contributed by atoms with Crippen molar-refractivity contribution in [2.24, 2.45) is 0 Å². The second kappa shape index (κ2) is 7.04. The first kappa shape index (κ1) is 18.5. The molecule has 0 N–H and O–H groups in total. The minimum atomic E-state index is -0.350. The SMILES string of the molecule is COc1cc([C@@H]2C[C@H]2c2cnc(Cl)nc2-c2ccc3nc(C)sc3c2)ccc1F. The third-order valence-corrected chi connectivity index (χ3v) is 6.47. The van der Waals surface area contributed by atoms with Crippen LogP contribution in [-0.2, 0) is 0 Å². The van der Waals surface area contributed by atoms with E-state index >= 15 is 0 Å². The number of benzene rings is 2. The van der Waals surface area contributed by atoms with Crippen LogP contribution in [-0.4, -0.2) is 22.1 Å². The Morgan fingerprint density at radius 1 is 1.14 bits per heavy atom. The van der Waals surface area contributed by atoms with Crippen LogP contribution in [0.1, 0.15) is 34.4 Å². The van der Waals surface area contributed by atoms with Crippen molar-refractivity contribution < 1.29 is 9.13 Å². The van der Waals surface area contributed by atoms with E-state index in [9.17, 15) is 4.39 Å². The van der Waals surface area contributed by atoms with Gasteiger partial charge in [-0.3, -0.25) is 0 Å². The van der Waals surface area contributed by atoms with Gasteiger partial charge in [-0.15, -0.1) is 11.3 Å². The maximum absolute atomic E-state index is 13.8. The topological polar surface area (TPSA) is 47.9 Å². The van der Waals surface area contributed by atoms with Crippen molar-refractivity contribution >= 4 is 33.2 Å². The zero-order chi connectivity index (χ0) is 20.1. The van der Waals surface area contributed by atoms with Gasteiger partial charge in [0.1, 0.15) is 0 Å². The summed E-state index contributed by atoms with van der Waals surface area (Å²) in [5.41, 5.74) is 4.95. The molecule has 1 aliphatic carbocycles. The van der Waals surface area contributed by atoms with E-state index in [2.05, 4.69) is 21.0 Å². The molecule has 2 aromatic heterocycles. The Balaban J connectivity index is 1.53. The van der Waals surface area contributed by atoms with E-state index in [0.717, 1.165) is 44.0 Å². The molecule has 0 saturated heterocycles. The summed E-state index contributed by atoms with van der Waals surface area (Å²) >= 11 is 7.80. The first-order chi connectivity index (χ1) is 14.0. The van der Waals surface area contributed by atoms with E-state index in [1.807, 2.05) is 31.3 Å². The molecule has 29 heavy (non-hydrogen) atoms. The van der Waals surface area contributed by atoms with E-state index in [0.29, 0.717) is 0 Å². The van der Waals surface area contributed by atoms with Crippen molar-refractivity contribution in [3.05, 3.63) is 69.8 Å². The van der Waals surface area contributed by atoms with Crippen LogP contribution in [0.5, 0.6) is 5.75 Å². The summed E-state index contributed by atoms with van der Waals surface area (Å²) in [4.78, 5) is 13.3. The summed E-state index contributed by atoms with van der Waals surface area (Å²) in [5, 5.41) is 1.26. The van der Waals surface area contributed by atoms with Crippen LogP contribution in [0.2, 0.25) is 5.28 Å². The Morgan fingerprint density at radius 3 is 2.83 bits per heavy atom. The van der Waals surface area contributed by atoms with Crippen molar-refractivity contribution in [1.82, 2.24) is 15.0 Å². The normalized spacial score (nSPS) is 18.2. The summed E-state index contributed by atoms with van der Waals surface area (Å²) in [7, 11) is 1.48. The number of thiazole rings is 1. The second-order valence-corrected chi connectivity index (χ2v) is 8.77. The Labute approximate surface area is 176 Å². The van der Waals surface area contributed by atoms with E-state index in [1.54, 1.807) is 17.4 Å². The molecule has 4 nitrogen and oxygen atoms in total. The molecule has 1 saturated carbocycles. The monoisotopic (exact) mass is 425 g/mol. The average molecular weight is 426 g/mol. The molecular formula is C22H17ClFN3OS. The highest BCUT2D eigenvalue weighted by Gasteiger charge is 2.42. The fourth-order valence-corrected chi connectivity index (χ4v) is 4.87. The standard InChI is InChI=1S/C22H17ClFN3OS/c1-11-26-18-6-4-13(8-20(18)29-11)21-16(10-25-22(23)27-21)15-9-14(15)12-3-5-17(24)19(7-12)28-2/h3-8,10,14-15H,9H2,1-2H3/t14-,15+/m0/s1. The molecule has 0 aliphatic heterocycles. The van der Waals surface area contributed by atoms with Crippen LogP contribution in [0.4, 0.5) is 4.39 Å². The number of fused-ring (bicyclic) bond motifs is 1. The Hall–Kier alpha value is -2.57. The lowest BCUT2D eigenvalue weighted by molar-refractivity contribution is 0.386. The number of nitrogens with zero attached hydrogens (tertiary/aromatic N) is 3. The van der Waals surface area contributed by atoms with E-state index < -0.39 is 0 Å². The van der Waals surface area contributed by atoms with Gasteiger partial charge in [-0.05, 0) is 66.6 Å². The van der Waals surface area contributed by atoms with Gasteiger partial charge >= 0.3 is 0 Å². The molecular weight excluding hydrogens is 409 g/mol. The lowest BCUT2D eigenvalue weighted by Crippen LogP contribution is -1.96. The van der Waals surface area contributed by atoms with Gasteiger partial charge in [0, 0.05) is 17.3 Å². The molecule has 0 unspecified atom stereocenters. The number of ether oxygens (including phenoxy) is 1. The third-order valence-electron chi connectivity index (χ3n) is 5.35. The minimum absolute atomic E-state index is 0.227. The molecule has 7 heteroatoms. The molecule has 2 heterocycles. The van der Waals surface area contributed by atoms with Gasteiger partial charge in [0.15, 0.2) is 11.6 Å². The Morgan fingerprint density at radius 2 is 2.00 bits per heavy atom. The smallest absolute Gasteiger partial charge is 0.222 e.